The molecule has 11 heteroatoms. The highest BCUT2D eigenvalue weighted by atomic mass is 32.1. The zero-order valence-electron chi connectivity index (χ0n) is 20.2. The fourth-order valence-electron chi connectivity index (χ4n) is 4.93. The Morgan fingerprint density at radius 1 is 1.17 bits per heavy atom. The van der Waals surface area contributed by atoms with Crippen LogP contribution in [0.5, 0.6) is 0 Å². The molecule has 0 bridgehead atoms. The third-order valence-corrected chi connectivity index (χ3v) is 8.39. The molecule has 0 radical (unpaired) electrons. The van der Waals surface area contributed by atoms with Crippen LogP contribution in [0.2, 0.25) is 0 Å². The van der Waals surface area contributed by atoms with E-state index in [1.807, 2.05) is 10.3 Å². The highest BCUT2D eigenvalue weighted by molar-refractivity contribution is 7.09. The number of hydrogen-bond acceptors (Lipinski definition) is 6. The van der Waals surface area contributed by atoms with Crippen molar-refractivity contribution in [2.75, 3.05) is 13.7 Å². The zero-order valence-corrected chi connectivity index (χ0v) is 21.0. The van der Waals surface area contributed by atoms with Gasteiger partial charge in [0.25, 0.3) is 5.91 Å². The number of thiazole rings is 1. The van der Waals surface area contributed by atoms with Gasteiger partial charge in [-0.3, -0.25) is 4.79 Å². The van der Waals surface area contributed by atoms with Crippen LogP contribution in [0.1, 0.15) is 66.4 Å². The minimum Gasteiger partial charge on any atom is -0.453 e. The second kappa shape index (κ2) is 10.0. The third kappa shape index (κ3) is 5.22. The van der Waals surface area contributed by atoms with E-state index in [-0.39, 0.29) is 29.0 Å². The number of benzene rings is 1. The number of aliphatic hydroxyl groups is 1. The van der Waals surface area contributed by atoms with Gasteiger partial charge >= 0.3 is 12.3 Å². The molecular formula is C25H30F3N3O4S. The summed E-state index contributed by atoms with van der Waals surface area (Å²) in [4.78, 5) is 31.6. The van der Waals surface area contributed by atoms with Gasteiger partial charge in [-0.25, -0.2) is 9.78 Å². The summed E-state index contributed by atoms with van der Waals surface area (Å²) in [5, 5.41) is 15.6. The number of carbonyl (C=O) groups excluding carboxylic acids is 2. The number of rotatable bonds is 7. The first-order chi connectivity index (χ1) is 17.0. The van der Waals surface area contributed by atoms with Gasteiger partial charge in [0.15, 0.2) is 5.60 Å². The molecule has 1 aromatic heterocycles. The van der Waals surface area contributed by atoms with E-state index in [0.717, 1.165) is 30.7 Å². The van der Waals surface area contributed by atoms with Crippen LogP contribution in [0, 0.1) is 0 Å². The summed E-state index contributed by atoms with van der Waals surface area (Å²) >= 11 is 1.54. The van der Waals surface area contributed by atoms with Gasteiger partial charge in [-0.1, -0.05) is 12.1 Å². The average molecular weight is 526 g/mol. The lowest BCUT2D eigenvalue weighted by Gasteiger charge is -2.43. The second-order valence-electron chi connectivity index (χ2n) is 9.78. The van der Waals surface area contributed by atoms with Crippen LogP contribution in [0.4, 0.5) is 18.0 Å². The number of nitrogens with one attached hydrogen (secondary N) is 1. The summed E-state index contributed by atoms with van der Waals surface area (Å²) < 4.78 is 44.3. The Bertz CT molecular complexity index is 1060. The second-order valence-corrected chi connectivity index (χ2v) is 10.7. The summed E-state index contributed by atoms with van der Waals surface area (Å²) in [6, 6.07) is 5.14. The van der Waals surface area contributed by atoms with E-state index >= 15 is 0 Å². The van der Waals surface area contributed by atoms with Gasteiger partial charge < -0.3 is 20.1 Å². The van der Waals surface area contributed by atoms with Crippen LogP contribution in [-0.4, -0.2) is 58.9 Å². The Labute approximate surface area is 211 Å². The normalized spacial score (nSPS) is 24.0. The molecule has 4 rings (SSSR count). The molecule has 2 aliphatic rings. The van der Waals surface area contributed by atoms with Crippen molar-refractivity contribution in [2.45, 2.75) is 74.7 Å². The van der Waals surface area contributed by atoms with Crippen LogP contribution < -0.4 is 5.32 Å². The van der Waals surface area contributed by atoms with Gasteiger partial charge in [0.05, 0.1) is 7.11 Å². The molecule has 36 heavy (non-hydrogen) atoms. The predicted molar refractivity (Wildman–Crippen MR) is 128 cm³/mol. The van der Waals surface area contributed by atoms with Crippen molar-refractivity contribution >= 4 is 23.3 Å². The van der Waals surface area contributed by atoms with Crippen molar-refractivity contribution in [3.8, 4) is 0 Å². The molecule has 196 valence electrons. The number of ether oxygens (including phenoxy) is 1. The van der Waals surface area contributed by atoms with E-state index in [1.165, 1.54) is 42.7 Å². The fourth-order valence-corrected chi connectivity index (χ4v) is 5.83. The number of alkyl carbamates (subject to hydrolysis) is 1. The minimum absolute atomic E-state index is 0.0193. The number of halogens is 3. The number of amides is 2. The van der Waals surface area contributed by atoms with E-state index in [2.05, 4.69) is 10.3 Å². The first-order valence-corrected chi connectivity index (χ1v) is 12.8. The lowest BCUT2D eigenvalue weighted by molar-refractivity contribution is -0.258. The Morgan fingerprint density at radius 3 is 2.28 bits per heavy atom. The number of alkyl halides is 3. The van der Waals surface area contributed by atoms with E-state index in [1.54, 1.807) is 6.20 Å². The molecule has 0 spiro atoms. The summed E-state index contributed by atoms with van der Waals surface area (Å²) in [6.45, 7) is 1.09. The van der Waals surface area contributed by atoms with Crippen LogP contribution in [0.25, 0.3) is 0 Å². The van der Waals surface area contributed by atoms with Crippen LogP contribution >= 0.6 is 11.3 Å². The Morgan fingerprint density at radius 2 is 1.78 bits per heavy atom. The van der Waals surface area contributed by atoms with Crippen LogP contribution in [0.15, 0.2) is 35.8 Å². The molecule has 2 aromatic rings. The molecule has 2 amide bonds. The molecule has 0 unspecified atom stereocenters. The Balaban J connectivity index is 1.49. The maximum Gasteiger partial charge on any atom is 0.421 e. The number of carbonyl (C=O) groups is 2. The smallest absolute Gasteiger partial charge is 0.421 e. The highest BCUT2D eigenvalue weighted by Crippen LogP contribution is 2.44. The SMILES string of the molecule is COC(=O)NCC1(c2nccs2)CCC(N(C(=O)c2ccc([C@](C)(O)C(F)(F)F)cc2)C2CC2)CC1. The quantitative estimate of drug-likeness (QED) is 0.544. The van der Waals surface area contributed by atoms with Crippen molar-refractivity contribution in [1.82, 2.24) is 15.2 Å². The van der Waals surface area contributed by atoms with E-state index < -0.39 is 17.9 Å². The number of nitrogens with zero attached hydrogens (tertiary/aromatic N) is 2. The first-order valence-electron chi connectivity index (χ1n) is 11.9. The molecule has 1 atom stereocenters. The van der Waals surface area contributed by atoms with Gasteiger partial charge in [-0.05, 0) is 63.1 Å². The maximum atomic E-state index is 13.5. The van der Waals surface area contributed by atoms with Crippen molar-refractivity contribution < 1.29 is 32.6 Å². The number of methoxy groups -OCH3 is 1. The van der Waals surface area contributed by atoms with Gasteiger partial charge in [0, 0.05) is 41.2 Å². The van der Waals surface area contributed by atoms with Crippen molar-refractivity contribution in [3.63, 3.8) is 0 Å². The molecule has 1 heterocycles. The lowest BCUT2D eigenvalue weighted by atomic mass is 9.72. The molecule has 2 saturated carbocycles. The third-order valence-electron chi connectivity index (χ3n) is 7.37. The zero-order chi connectivity index (χ0) is 26.1. The van der Waals surface area contributed by atoms with Gasteiger partial charge in [0.1, 0.15) is 5.01 Å². The molecule has 0 aliphatic heterocycles. The van der Waals surface area contributed by atoms with Crippen molar-refractivity contribution in [1.29, 1.82) is 0 Å². The predicted octanol–water partition coefficient (Wildman–Crippen LogP) is 4.75. The average Bonchev–Trinajstić information content (AvgIpc) is 3.53. The van der Waals surface area contributed by atoms with Gasteiger partial charge in [-0.2, -0.15) is 13.2 Å². The highest BCUT2D eigenvalue weighted by Gasteiger charge is 2.51. The largest absolute Gasteiger partial charge is 0.453 e. The Hall–Kier alpha value is -2.66. The van der Waals surface area contributed by atoms with Crippen molar-refractivity contribution in [2.24, 2.45) is 0 Å². The molecule has 1 aromatic carbocycles. The molecule has 2 fully saturated rings. The first kappa shape index (κ1) is 26.4. The van der Waals surface area contributed by atoms with E-state index in [9.17, 15) is 27.9 Å². The van der Waals surface area contributed by atoms with Gasteiger partial charge in [-0.15, -0.1) is 11.3 Å². The van der Waals surface area contributed by atoms with Gasteiger partial charge in [0.2, 0.25) is 0 Å². The number of aromatic nitrogens is 1. The topological polar surface area (TPSA) is 91.8 Å². The molecule has 2 N–H and O–H groups in total. The molecule has 2 aliphatic carbocycles. The monoisotopic (exact) mass is 525 g/mol. The summed E-state index contributed by atoms with van der Waals surface area (Å²) in [5.41, 5.74) is -3.35. The number of hydrogen-bond donors (Lipinski definition) is 2. The summed E-state index contributed by atoms with van der Waals surface area (Å²) in [6.07, 6.45) is 1.07. The van der Waals surface area contributed by atoms with Crippen LogP contribution in [0.3, 0.4) is 0 Å². The van der Waals surface area contributed by atoms with E-state index in [4.69, 9.17) is 4.74 Å². The van der Waals surface area contributed by atoms with Crippen molar-refractivity contribution in [3.05, 3.63) is 52.0 Å². The summed E-state index contributed by atoms with van der Waals surface area (Å²) in [5.74, 6) is -0.213. The standard InChI is InChI=1S/C25H30F3N3O4S/c1-23(34,25(26,27)28)17-5-3-16(4-6-17)20(32)31(18-7-8-18)19-9-11-24(12-10-19,15-30-22(33)35-2)21-29-13-14-36-21/h3-6,13-14,18-19,34H,7-12,15H2,1-2H3,(H,30,33)/t19?,23-,24?/m0/s1. The maximum absolute atomic E-state index is 13.5. The van der Waals surface area contributed by atoms with E-state index in [0.29, 0.717) is 31.9 Å². The fraction of sp³-hybridized carbons (Fsp3) is 0.560. The molecule has 0 saturated heterocycles. The summed E-state index contributed by atoms with van der Waals surface area (Å²) in [7, 11) is 1.32. The molecular weight excluding hydrogens is 495 g/mol. The minimum atomic E-state index is -4.83. The molecule has 7 nitrogen and oxygen atoms in total. The van der Waals surface area contributed by atoms with Crippen LogP contribution in [-0.2, 0) is 15.8 Å². The Kier molecular flexibility index (Phi) is 7.34. The lowest BCUT2D eigenvalue weighted by Crippen LogP contribution is -2.49.